The molecule has 0 saturated carbocycles. The standard InChI is InChI=1S/C18H34N6O6/c1-3-4-6-29-7-5-22-18(21)23-9-12(25)14(26)15-10(2)11(24-17(19)20)8-13(30-15)16(27)28/h8,10-12,14-15,25-26H,3-7,9H2,1-2H3,(H,27,28)(H4,19,20,24)(H3,21,22,23)/t10-,11+,12-,14-,15-/m1/s1. The fourth-order valence-electron chi connectivity index (χ4n) is 2.80. The summed E-state index contributed by atoms with van der Waals surface area (Å²) < 4.78 is 10.7. The van der Waals surface area contributed by atoms with Crippen molar-refractivity contribution in [3.05, 3.63) is 11.8 Å². The second-order valence-electron chi connectivity index (χ2n) is 7.00. The molecule has 172 valence electrons. The summed E-state index contributed by atoms with van der Waals surface area (Å²) in [6.45, 7) is 5.11. The first-order chi connectivity index (χ1) is 14.2. The number of aliphatic hydroxyl groups excluding tert-OH is 2. The lowest BCUT2D eigenvalue weighted by molar-refractivity contribution is -0.145. The molecule has 1 aliphatic rings. The molecule has 1 heterocycles. The van der Waals surface area contributed by atoms with Crippen LogP contribution < -0.4 is 22.5 Å². The molecule has 0 saturated heterocycles. The summed E-state index contributed by atoms with van der Waals surface area (Å²) in [7, 11) is 0. The number of nitrogens with zero attached hydrogens (tertiary/aromatic N) is 2. The van der Waals surface area contributed by atoms with Crippen molar-refractivity contribution in [3.8, 4) is 0 Å². The third-order valence-corrected chi connectivity index (χ3v) is 4.53. The lowest BCUT2D eigenvalue weighted by atomic mass is 9.87. The molecule has 0 aliphatic carbocycles. The summed E-state index contributed by atoms with van der Waals surface area (Å²) in [6.07, 6.45) is -0.582. The topological polar surface area (TPSA) is 211 Å². The van der Waals surface area contributed by atoms with Gasteiger partial charge in [-0.1, -0.05) is 20.3 Å². The van der Waals surface area contributed by atoms with Crippen LogP contribution in [0.3, 0.4) is 0 Å². The molecule has 12 heteroatoms. The average Bonchev–Trinajstić information content (AvgIpc) is 2.69. The van der Waals surface area contributed by atoms with Gasteiger partial charge in [-0.05, 0) is 12.5 Å². The van der Waals surface area contributed by atoms with Crippen molar-refractivity contribution in [2.24, 2.45) is 33.1 Å². The normalized spacial score (nSPS) is 23.7. The number of carbonyl (C=O) groups is 1. The Morgan fingerprint density at radius 2 is 2.03 bits per heavy atom. The molecule has 10 N–H and O–H groups in total. The number of ether oxygens (including phenoxy) is 2. The van der Waals surface area contributed by atoms with E-state index < -0.39 is 42.0 Å². The van der Waals surface area contributed by atoms with Gasteiger partial charge in [0.2, 0.25) is 5.76 Å². The minimum atomic E-state index is -1.45. The maximum Gasteiger partial charge on any atom is 0.370 e. The molecule has 0 amide bonds. The third-order valence-electron chi connectivity index (χ3n) is 4.53. The van der Waals surface area contributed by atoms with Crippen LogP contribution in [-0.4, -0.2) is 83.9 Å². The van der Waals surface area contributed by atoms with Crippen LogP contribution in [0.5, 0.6) is 0 Å². The predicted octanol–water partition coefficient (Wildman–Crippen LogP) is -1.93. The van der Waals surface area contributed by atoms with Crippen molar-refractivity contribution in [1.29, 1.82) is 0 Å². The predicted molar refractivity (Wildman–Crippen MR) is 112 cm³/mol. The number of nitrogens with two attached hydrogens (primary N) is 3. The summed E-state index contributed by atoms with van der Waals surface area (Å²) in [5.74, 6) is -2.41. The highest BCUT2D eigenvalue weighted by Crippen LogP contribution is 2.29. The quantitative estimate of drug-likeness (QED) is 0.103. The Morgan fingerprint density at radius 3 is 2.63 bits per heavy atom. The summed E-state index contributed by atoms with van der Waals surface area (Å²) in [6, 6.07) is -0.732. The molecule has 0 aromatic heterocycles. The van der Waals surface area contributed by atoms with Crippen LogP contribution in [0, 0.1) is 5.92 Å². The fourth-order valence-corrected chi connectivity index (χ4v) is 2.80. The number of carboxylic acid groups (broad SMARTS) is 1. The second-order valence-corrected chi connectivity index (χ2v) is 7.00. The van der Waals surface area contributed by atoms with Gasteiger partial charge >= 0.3 is 5.97 Å². The lowest BCUT2D eigenvalue weighted by Gasteiger charge is -2.36. The van der Waals surface area contributed by atoms with E-state index in [1.807, 2.05) is 0 Å². The third kappa shape index (κ3) is 8.43. The number of guanidine groups is 2. The van der Waals surface area contributed by atoms with Gasteiger partial charge in [0.1, 0.15) is 18.3 Å². The zero-order valence-corrected chi connectivity index (χ0v) is 17.4. The van der Waals surface area contributed by atoms with Crippen molar-refractivity contribution in [1.82, 2.24) is 5.32 Å². The van der Waals surface area contributed by atoms with Crippen LogP contribution in [0.4, 0.5) is 0 Å². The van der Waals surface area contributed by atoms with E-state index in [0.29, 0.717) is 19.8 Å². The molecule has 1 aliphatic heterocycles. The molecule has 5 atom stereocenters. The van der Waals surface area contributed by atoms with Crippen molar-refractivity contribution in [2.45, 2.75) is 51.0 Å². The van der Waals surface area contributed by atoms with Gasteiger partial charge in [0, 0.05) is 19.1 Å². The molecule has 0 fully saturated rings. The second kappa shape index (κ2) is 12.9. The average molecular weight is 431 g/mol. The largest absolute Gasteiger partial charge is 0.480 e. The van der Waals surface area contributed by atoms with E-state index in [2.05, 4.69) is 22.2 Å². The number of rotatable bonds is 12. The summed E-state index contributed by atoms with van der Waals surface area (Å²) in [5, 5.41) is 32.9. The van der Waals surface area contributed by atoms with Gasteiger partial charge in [-0.15, -0.1) is 0 Å². The molecule has 0 spiro atoms. The van der Waals surface area contributed by atoms with E-state index in [4.69, 9.17) is 26.7 Å². The number of hydrogen-bond donors (Lipinski definition) is 7. The van der Waals surface area contributed by atoms with Gasteiger partial charge < -0.3 is 47.3 Å². The molecule has 30 heavy (non-hydrogen) atoms. The van der Waals surface area contributed by atoms with Crippen molar-refractivity contribution in [3.63, 3.8) is 0 Å². The first-order valence-corrected chi connectivity index (χ1v) is 9.85. The zero-order chi connectivity index (χ0) is 22.7. The number of aliphatic hydroxyl groups is 2. The van der Waals surface area contributed by atoms with E-state index in [1.54, 1.807) is 6.92 Å². The van der Waals surface area contributed by atoms with Crippen LogP contribution in [0.15, 0.2) is 21.8 Å². The summed E-state index contributed by atoms with van der Waals surface area (Å²) in [4.78, 5) is 19.3. The monoisotopic (exact) mass is 430 g/mol. The highest BCUT2D eigenvalue weighted by Gasteiger charge is 2.40. The Bertz CT molecular complexity index is 637. The molecular formula is C18H34N6O6. The minimum absolute atomic E-state index is 0.0856. The maximum atomic E-state index is 11.3. The highest BCUT2D eigenvalue weighted by atomic mass is 16.5. The van der Waals surface area contributed by atoms with E-state index in [1.165, 1.54) is 6.08 Å². The Kier molecular flexibility index (Phi) is 10.9. The van der Waals surface area contributed by atoms with Crippen LogP contribution in [-0.2, 0) is 14.3 Å². The molecule has 0 unspecified atom stereocenters. The Balaban J connectivity index is 2.65. The zero-order valence-electron chi connectivity index (χ0n) is 17.4. The molecular weight excluding hydrogens is 396 g/mol. The number of carboxylic acids is 1. The van der Waals surface area contributed by atoms with Crippen molar-refractivity contribution in [2.75, 3.05) is 26.3 Å². The molecule has 0 aromatic rings. The molecule has 0 aromatic carbocycles. The van der Waals surface area contributed by atoms with Crippen molar-refractivity contribution >= 4 is 17.9 Å². The Morgan fingerprint density at radius 1 is 1.33 bits per heavy atom. The SMILES string of the molecule is CCCCOCCNC(N)=NC[C@@H](O)[C@@H](O)[C@@H]1OC(C(=O)O)=C[C@H](N=C(N)N)[C@H]1C. The van der Waals surface area contributed by atoms with E-state index >= 15 is 0 Å². The van der Waals surface area contributed by atoms with E-state index in [-0.39, 0.29) is 18.5 Å². The molecule has 12 nitrogen and oxygen atoms in total. The number of aliphatic carboxylic acids is 1. The van der Waals surface area contributed by atoms with E-state index in [9.17, 15) is 20.1 Å². The maximum absolute atomic E-state index is 11.3. The van der Waals surface area contributed by atoms with Crippen LogP contribution in [0.1, 0.15) is 26.7 Å². The highest BCUT2D eigenvalue weighted by molar-refractivity contribution is 5.85. The van der Waals surface area contributed by atoms with Gasteiger partial charge in [0.25, 0.3) is 0 Å². The Hall–Kier alpha value is -2.57. The van der Waals surface area contributed by atoms with Crippen LogP contribution in [0.25, 0.3) is 0 Å². The summed E-state index contributed by atoms with van der Waals surface area (Å²) >= 11 is 0. The Labute approximate surface area is 175 Å². The molecule has 0 radical (unpaired) electrons. The number of nitrogens with one attached hydrogen (secondary N) is 1. The first-order valence-electron chi connectivity index (χ1n) is 9.85. The first kappa shape index (κ1) is 25.5. The number of hydrogen-bond acceptors (Lipinski definition) is 7. The smallest absolute Gasteiger partial charge is 0.370 e. The van der Waals surface area contributed by atoms with Crippen LogP contribution in [0.2, 0.25) is 0 Å². The van der Waals surface area contributed by atoms with Crippen molar-refractivity contribution < 1.29 is 29.6 Å². The number of aliphatic imine (C=N–C) groups is 2. The van der Waals surface area contributed by atoms with Gasteiger partial charge in [0.05, 0.1) is 19.2 Å². The molecule has 1 rings (SSSR count). The lowest BCUT2D eigenvalue weighted by Crippen LogP contribution is -2.49. The van der Waals surface area contributed by atoms with Gasteiger partial charge in [0.15, 0.2) is 11.9 Å². The van der Waals surface area contributed by atoms with Crippen LogP contribution >= 0.6 is 0 Å². The summed E-state index contributed by atoms with van der Waals surface area (Å²) in [5.41, 5.74) is 16.5. The molecule has 0 bridgehead atoms. The minimum Gasteiger partial charge on any atom is -0.480 e. The fraction of sp³-hybridized carbons (Fsp3) is 0.722. The van der Waals surface area contributed by atoms with E-state index in [0.717, 1.165) is 12.8 Å². The van der Waals surface area contributed by atoms with Gasteiger partial charge in [-0.25, -0.2) is 9.79 Å². The van der Waals surface area contributed by atoms with Gasteiger partial charge in [-0.3, -0.25) is 4.99 Å². The van der Waals surface area contributed by atoms with Gasteiger partial charge in [-0.2, -0.15) is 0 Å². The number of unbranched alkanes of at least 4 members (excludes halogenated alkanes) is 1.